The molecule has 1 aromatic carbocycles. The van der Waals surface area contributed by atoms with Gasteiger partial charge in [0.1, 0.15) is 0 Å². The third-order valence-electron chi connectivity index (χ3n) is 4.47. The second-order valence-electron chi connectivity index (χ2n) is 5.96. The molecule has 2 heterocycles. The maximum Gasteiger partial charge on any atom is 0.267 e. The number of H-pyrrole nitrogens is 1. The molecule has 6 nitrogen and oxygen atoms in total. The van der Waals surface area contributed by atoms with Gasteiger partial charge in [0, 0.05) is 25.6 Å². The second-order valence-corrected chi connectivity index (χ2v) is 5.96. The van der Waals surface area contributed by atoms with Gasteiger partial charge >= 0.3 is 0 Å². The van der Waals surface area contributed by atoms with Crippen molar-refractivity contribution >= 4 is 5.91 Å². The zero-order valence-corrected chi connectivity index (χ0v) is 13.8. The molecule has 0 saturated carbocycles. The zero-order valence-electron chi connectivity index (χ0n) is 13.8. The molecule has 0 fully saturated rings. The molecule has 1 amide bonds. The van der Waals surface area contributed by atoms with E-state index in [2.05, 4.69) is 5.10 Å². The highest BCUT2D eigenvalue weighted by Gasteiger charge is 2.25. The summed E-state index contributed by atoms with van der Waals surface area (Å²) in [5.41, 5.74) is 2.30. The Labute approximate surface area is 138 Å². The lowest BCUT2D eigenvalue weighted by Crippen LogP contribution is -2.37. The molecule has 0 spiro atoms. The predicted molar refractivity (Wildman–Crippen MR) is 86.4 cm³/mol. The van der Waals surface area contributed by atoms with Crippen molar-refractivity contribution in [3.63, 3.8) is 0 Å². The first-order chi connectivity index (χ1) is 11.5. The highest BCUT2D eigenvalue weighted by molar-refractivity contribution is 5.76. The standard InChI is InChI=1S/C17H20FN3O3/c1-20-14-10-21(8-7-12(14)17(23)19-20)16(22)6-4-11-3-5-15(24-2)13(18)9-11/h3,5,9H,4,6-8,10H2,1-2H3,(H,19,23). The van der Waals surface area contributed by atoms with E-state index in [-0.39, 0.29) is 17.2 Å². The van der Waals surface area contributed by atoms with Crippen LogP contribution in [0.15, 0.2) is 23.0 Å². The van der Waals surface area contributed by atoms with Gasteiger partial charge in [0.25, 0.3) is 5.56 Å². The number of carbonyl (C=O) groups is 1. The number of halogens is 1. The lowest BCUT2D eigenvalue weighted by molar-refractivity contribution is -0.132. The summed E-state index contributed by atoms with van der Waals surface area (Å²) in [5, 5.41) is 2.72. The van der Waals surface area contributed by atoms with E-state index >= 15 is 0 Å². The third kappa shape index (κ3) is 3.06. The molecule has 0 bridgehead atoms. The molecule has 0 unspecified atom stereocenters. The van der Waals surface area contributed by atoms with Crippen molar-refractivity contribution in [3.8, 4) is 5.75 Å². The molecular formula is C17H20FN3O3. The number of benzene rings is 1. The predicted octanol–water partition coefficient (Wildman–Crippen LogP) is 1.38. The topological polar surface area (TPSA) is 67.3 Å². The van der Waals surface area contributed by atoms with Gasteiger partial charge in [-0.3, -0.25) is 19.4 Å². The monoisotopic (exact) mass is 333 g/mol. The number of ether oxygens (including phenoxy) is 1. The van der Waals surface area contributed by atoms with Crippen LogP contribution in [-0.2, 0) is 31.2 Å². The first-order valence-electron chi connectivity index (χ1n) is 7.86. The number of amides is 1. The quantitative estimate of drug-likeness (QED) is 0.919. The minimum atomic E-state index is -0.424. The molecule has 0 atom stereocenters. The van der Waals surface area contributed by atoms with Crippen LogP contribution in [0.25, 0.3) is 0 Å². The van der Waals surface area contributed by atoms with Crippen molar-refractivity contribution in [1.82, 2.24) is 14.7 Å². The number of nitrogens with one attached hydrogen (secondary N) is 1. The van der Waals surface area contributed by atoms with Gasteiger partial charge in [-0.2, -0.15) is 0 Å². The lowest BCUT2D eigenvalue weighted by atomic mass is 10.1. The number of rotatable bonds is 4. The number of fused-ring (bicyclic) bond motifs is 1. The molecule has 2 aromatic rings. The Morgan fingerprint density at radius 1 is 1.42 bits per heavy atom. The summed E-state index contributed by atoms with van der Waals surface area (Å²) in [5.74, 6) is -0.222. The summed E-state index contributed by atoms with van der Waals surface area (Å²) in [6, 6.07) is 4.73. The fourth-order valence-corrected chi connectivity index (χ4v) is 3.07. The smallest absolute Gasteiger partial charge is 0.267 e. The summed E-state index contributed by atoms with van der Waals surface area (Å²) in [4.78, 5) is 25.9. The Kier molecular flexibility index (Phi) is 4.42. The molecule has 7 heteroatoms. The van der Waals surface area contributed by atoms with E-state index in [1.54, 1.807) is 28.8 Å². The zero-order chi connectivity index (χ0) is 17.3. The molecule has 1 aromatic heterocycles. The maximum absolute atomic E-state index is 13.7. The van der Waals surface area contributed by atoms with Crippen LogP contribution in [-0.4, -0.2) is 34.2 Å². The van der Waals surface area contributed by atoms with Gasteiger partial charge in [-0.1, -0.05) is 6.07 Å². The number of carbonyl (C=O) groups excluding carboxylic acids is 1. The average Bonchev–Trinajstić information content (AvgIpc) is 2.86. The summed E-state index contributed by atoms with van der Waals surface area (Å²) in [6.07, 6.45) is 1.34. The minimum absolute atomic E-state index is 0.00512. The van der Waals surface area contributed by atoms with Gasteiger partial charge in [-0.25, -0.2) is 4.39 Å². The molecule has 128 valence electrons. The number of aromatic nitrogens is 2. The van der Waals surface area contributed by atoms with E-state index in [1.165, 1.54) is 13.2 Å². The molecule has 1 aliphatic heterocycles. The van der Waals surface area contributed by atoms with Crippen LogP contribution in [0.1, 0.15) is 23.2 Å². The molecule has 0 radical (unpaired) electrons. The van der Waals surface area contributed by atoms with Crippen LogP contribution in [0.3, 0.4) is 0 Å². The third-order valence-corrected chi connectivity index (χ3v) is 4.47. The summed E-state index contributed by atoms with van der Waals surface area (Å²) >= 11 is 0. The van der Waals surface area contributed by atoms with Crippen molar-refractivity contribution in [2.75, 3.05) is 13.7 Å². The highest BCUT2D eigenvalue weighted by atomic mass is 19.1. The van der Waals surface area contributed by atoms with Crippen molar-refractivity contribution < 1.29 is 13.9 Å². The van der Waals surface area contributed by atoms with E-state index in [0.29, 0.717) is 32.4 Å². The van der Waals surface area contributed by atoms with Gasteiger partial charge in [0.05, 0.1) is 19.3 Å². The molecular weight excluding hydrogens is 313 g/mol. The average molecular weight is 333 g/mol. The van der Waals surface area contributed by atoms with Crippen molar-refractivity contribution in [1.29, 1.82) is 0 Å². The van der Waals surface area contributed by atoms with Crippen LogP contribution in [0.4, 0.5) is 4.39 Å². The van der Waals surface area contributed by atoms with Crippen LogP contribution in [0, 0.1) is 5.82 Å². The maximum atomic E-state index is 13.7. The fourth-order valence-electron chi connectivity index (χ4n) is 3.07. The second kappa shape index (κ2) is 6.51. The van der Waals surface area contributed by atoms with Gasteiger partial charge in [0.15, 0.2) is 11.6 Å². The summed E-state index contributed by atoms with van der Waals surface area (Å²) < 4.78 is 20.2. The Hall–Kier alpha value is -2.57. The number of nitrogens with zero attached hydrogens (tertiary/aromatic N) is 2. The lowest BCUT2D eigenvalue weighted by Gasteiger charge is -2.27. The molecule has 0 saturated heterocycles. The van der Waals surface area contributed by atoms with Crippen LogP contribution in [0.5, 0.6) is 5.75 Å². The van der Waals surface area contributed by atoms with Crippen molar-refractivity contribution in [3.05, 3.63) is 51.2 Å². The van der Waals surface area contributed by atoms with E-state index in [0.717, 1.165) is 16.8 Å². The largest absolute Gasteiger partial charge is 0.494 e. The van der Waals surface area contributed by atoms with Crippen LogP contribution >= 0.6 is 0 Å². The van der Waals surface area contributed by atoms with Gasteiger partial charge in [0.2, 0.25) is 5.91 Å². The minimum Gasteiger partial charge on any atom is -0.494 e. The number of aromatic amines is 1. The van der Waals surface area contributed by atoms with Crippen molar-refractivity contribution in [2.45, 2.75) is 25.8 Å². The van der Waals surface area contributed by atoms with E-state index in [4.69, 9.17) is 4.74 Å². The molecule has 3 rings (SSSR count). The SMILES string of the molecule is COc1ccc(CCC(=O)N2CCc3c(n(C)[nH]c3=O)C2)cc1F. The summed E-state index contributed by atoms with van der Waals surface area (Å²) in [7, 11) is 3.19. The first kappa shape index (κ1) is 16.3. The van der Waals surface area contributed by atoms with Crippen LogP contribution < -0.4 is 10.3 Å². The highest BCUT2D eigenvalue weighted by Crippen LogP contribution is 2.20. The molecule has 24 heavy (non-hydrogen) atoms. The van der Waals surface area contributed by atoms with Crippen LogP contribution in [0.2, 0.25) is 0 Å². The number of aryl methyl sites for hydroxylation is 2. The van der Waals surface area contributed by atoms with E-state index in [9.17, 15) is 14.0 Å². The summed E-state index contributed by atoms with van der Waals surface area (Å²) in [6.45, 7) is 0.969. The normalized spacial score (nSPS) is 13.7. The van der Waals surface area contributed by atoms with Gasteiger partial charge < -0.3 is 9.64 Å². The number of methoxy groups -OCH3 is 1. The van der Waals surface area contributed by atoms with E-state index in [1.807, 2.05) is 0 Å². The van der Waals surface area contributed by atoms with Gasteiger partial charge in [-0.15, -0.1) is 0 Å². The molecule has 1 aliphatic rings. The fraction of sp³-hybridized carbons (Fsp3) is 0.412. The Balaban J connectivity index is 1.63. The van der Waals surface area contributed by atoms with Crippen molar-refractivity contribution in [2.24, 2.45) is 7.05 Å². The van der Waals surface area contributed by atoms with E-state index < -0.39 is 5.82 Å². The Morgan fingerprint density at radius 3 is 2.92 bits per heavy atom. The molecule has 1 N–H and O–H groups in total. The first-order valence-corrected chi connectivity index (χ1v) is 7.86. The number of hydrogen-bond acceptors (Lipinski definition) is 3. The van der Waals surface area contributed by atoms with Gasteiger partial charge in [-0.05, 0) is 30.5 Å². The Morgan fingerprint density at radius 2 is 2.21 bits per heavy atom. The molecule has 0 aliphatic carbocycles. The number of hydrogen-bond donors (Lipinski definition) is 1. The Bertz CT molecular complexity index is 825.